The summed E-state index contributed by atoms with van der Waals surface area (Å²) in [6, 6.07) is 21.2. The summed E-state index contributed by atoms with van der Waals surface area (Å²) in [5.41, 5.74) is 11.2. The van der Waals surface area contributed by atoms with Crippen molar-refractivity contribution < 1.29 is 14.6 Å². The molecule has 230 valence electrons. The van der Waals surface area contributed by atoms with Crippen LogP contribution >= 0.6 is 11.8 Å². The fourth-order valence-corrected chi connectivity index (χ4v) is 6.20. The molecule has 0 radical (unpaired) electrons. The summed E-state index contributed by atoms with van der Waals surface area (Å²) in [4.78, 5) is 16.9. The fraction of sp³-hybridized carbons (Fsp3) is 0.324. The second kappa shape index (κ2) is 15.1. The Kier molecular flexibility index (Phi) is 11.2. The number of amidine groups is 2. The molecule has 4 aromatic rings. The molecule has 0 saturated carbocycles. The number of carboxylic acids is 1. The molecule has 6 nitrogen and oxygen atoms in total. The molecule has 0 bridgehead atoms. The van der Waals surface area contributed by atoms with E-state index in [2.05, 4.69) is 69.9 Å². The number of ether oxygens (including phenoxy) is 1. The Hall–Kier alpha value is -4.10. The number of nitrogens with zero attached hydrogens (tertiary/aromatic N) is 1. The minimum absolute atomic E-state index is 0.160. The second-order valence-electron chi connectivity index (χ2n) is 10.9. The zero-order chi connectivity index (χ0) is 31.8. The second-order valence-corrected chi connectivity index (χ2v) is 12.3. The van der Waals surface area contributed by atoms with Crippen molar-refractivity contribution >= 4 is 40.2 Å². The molecule has 4 aromatic carbocycles. The summed E-state index contributed by atoms with van der Waals surface area (Å²) in [5, 5.41) is 19.8. The van der Waals surface area contributed by atoms with Gasteiger partial charge < -0.3 is 15.6 Å². The van der Waals surface area contributed by atoms with Gasteiger partial charge in [-0.1, -0.05) is 72.1 Å². The number of hydrogen-bond donors (Lipinski definition) is 3. The van der Waals surface area contributed by atoms with Crippen LogP contribution < -0.4 is 10.5 Å². The number of carbonyl (C=O) groups is 1. The zero-order valence-electron chi connectivity index (χ0n) is 26.4. The number of rotatable bonds is 11. The van der Waals surface area contributed by atoms with E-state index in [-0.39, 0.29) is 11.4 Å². The van der Waals surface area contributed by atoms with E-state index in [4.69, 9.17) is 15.9 Å². The lowest BCUT2D eigenvalue weighted by Gasteiger charge is -2.21. The predicted molar refractivity (Wildman–Crippen MR) is 185 cm³/mol. The van der Waals surface area contributed by atoms with E-state index in [1.807, 2.05) is 12.1 Å². The van der Waals surface area contributed by atoms with E-state index in [0.29, 0.717) is 28.8 Å². The van der Waals surface area contributed by atoms with Crippen LogP contribution in [0.15, 0.2) is 76.6 Å². The molecule has 0 saturated heterocycles. The number of fused-ring (bicyclic) bond motifs is 2. The first-order valence-electron chi connectivity index (χ1n) is 15.6. The van der Waals surface area contributed by atoms with Gasteiger partial charge in [-0.05, 0) is 89.6 Å². The van der Waals surface area contributed by atoms with Gasteiger partial charge in [-0.3, -0.25) is 5.41 Å². The average molecular weight is 610 g/mol. The molecular weight excluding hydrogens is 566 g/mol. The Labute approximate surface area is 265 Å². The highest BCUT2D eigenvalue weighted by Gasteiger charge is 2.28. The van der Waals surface area contributed by atoms with Gasteiger partial charge in [-0.15, -0.1) is 11.8 Å². The van der Waals surface area contributed by atoms with E-state index >= 15 is 0 Å². The largest absolute Gasteiger partial charge is 0.478 e. The molecule has 1 heterocycles. The molecule has 1 unspecified atom stereocenters. The van der Waals surface area contributed by atoms with Crippen molar-refractivity contribution in [1.82, 2.24) is 0 Å². The van der Waals surface area contributed by atoms with Crippen LogP contribution in [0.25, 0.3) is 21.9 Å². The molecule has 0 aromatic heterocycles. The first-order valence-corrected chi connectivity index (χ1v) is 16.6. The number of nitrogens with one attached hydrogen (secondary N) is 1. The van der Waals surface area contributed by atoms with E-state index in [0.717, 1.165) is 57.4 Å². The SMILES string of the molecule is CCCC.CCCC(CC)c1cc(Oc2ccc(C(=O)O)cc2)c2c(-c3cccc(SCC)c3)c3c(cc2c1)C(=N)N=C3N. The number of aromatic carboxylic acids is 1. The molecule has 0 spiro atoms. The van der Waals surface area contributed by atoms with Crippen LogP contribution in [0.3, 0.4) is 0 Å². The van der Waals surface area contributed by atoms with Crippen LogP contribution in [-0.4, -0.2) is 28.5 Å². The Bertz CT molecular complexity index is 1680. The van der Waals surface area contributed by atoms with Gasteiger partial charge in [0.25, 0.3) is 0 Å². The topological polar surface area (TPSA) is 109 Å². The Morgan fingerprint density at radius 1 is 0.955 bits per heavy atom. The molecule has 1 atom stereocenters. The smallest absolute Gasteiger partial charge is 0.335 e. The molecule has 0 amide bonds. The van der Waals surface area contributed by atoms with Crippen molar-refractivity contribution in [2.45, 2.75) is 77.5 Å². The van der Waals surface area contributed by atoms with Gasteiger partial charge in [0, 0.05) is 27.0 Å². The van der Waals surface area contributed by atoms with Gasteiger partial charge in [0.1, 0.15) is 17.3 Å². The number of nitrogens with two attached hydrogens (primary N) is 1. The van der Waals surface area contributed by atoms with Gasteiger partial charge >= 0.3 is 5.97 Å². The molecular formula is C37H43N3O3S. The van der Waals surface area contributed by atoms with Crippen molar-refractivity contribution in [3.8, 4) is 22.6 Å². The molecule has 7 heteroatoms. The third kappa shape index (κ3) is 7.16. The van der Waals surface area contributed by atoms with E-state index < -0.39 is 5.97 Å². The molecule has 0 aliphatic carbocycles. The van der Waals surface area contributed by atoms with Crippen LogP contribution in [0.1, 0.15) is 99.7 Å². The van der Waals surface area contributed by atoms with Crippen LogP contribution in [0.5, 0.6) is 11.5 Å². The van der Waals surface area contributed by atoms with E-state index in [9.17, 15) is 9.90 Å². The Balaban J connectivity index is 0.00000104. The highest BCUT2D eigenvalue weighted by molar-refractivity contribution is 7.99. The van der Waals surface area contributed by atoms with E-state index in [1.165, 1.54) is 18.4 Å². The van der Waals surface area contributed by atoms with Crippen molar-refractivity contribution in [1.29, 1.82) is 5.41 Å². The van der Waals surface area contributed by atoms with Crippen molar-refractivity contribution in [3.63, 3.8) is 0 Å². The number of thioether (sulfide) groups is 1. The van der Waals surface area contributed by atoms with Crippen molar-refractivity contribution in [2.24, 2.45) is 10.7 Å². The Morgan fingerprint density at radius 2 is 1.68 bits per heavy atom. The first kappa shape index (κ1) is 32.8. The van der Waals surface area contributed by atoms with Gasteiger partial charge in [-0.25, -0.2) is 9.79 Å². The summed E-state index contributed by atoms with van der Waals surface area (Å²) >= 11 is 1.77. The van der Waals surface area contributed by atoms with Crippen LogP contribution in [-0.2, 0) is 0 Å². The molecule has 44 heavy (non-hydrogen) atoms. The monoisotopic (exact) mass is 609 g/mol. The molecule has 0 fully saturated rings. The molecule has 1 aliphatic rings. The van der Waals surface area contributed by atoms with Gasteiger partial charge in [-0.2, -0.15) is 0 Å². The number of hydrogen-bond acceptors (Lipinski definition) is 5. The van der Waals surface area contributed by atoms with Crippen molar-refractivity contribution in [3.05, 3.63) is 89.0 Å². The number of benzene rings is 4. The lowest BCUT2D eigenvalue weighted by molar-refractivity contribution is 0.0697. The molecule has 4 N–H and O–H groups in total. The fourth-order valence-electron chi connectivity index (χ4n) is 5.48. The third-order valence-corrected chi connectivity index (χ3v) is 8.71. The standard InChI is InChI=1S/C33H33N3O3S.C4H10/c1-4-8-19(5-2)22-15-23-17-26-30(32(35)36-31(26)34)29(21-9-7-10-25(16-21)40-6-3)28(23)27(18-22)39-24-13-11-20(12-14-24)33(37)38;1-3-4-2/h7,9-19H,4-6,8H2,1-3H3,(H,37,38)(H3,34,35,36);3-4H2,1-2H3. The number of aliphatic imine (C=N–C) groups is 1. The first-order chi connectivity index (χ1) is 21.3. The van der Waals surface area contributed by atoms with Gasteiger partial charge in [0.05, 0.1) is 5.56 Å². The predicted octanol–water partition coefficient (Wildman–Crippen LogP) is 10.3. The zero-order valence-corrected chi connectivity index (χ0v) is 27.2. The van der Waals surface area contributed by atoms with Crippen LogP contribution in [0.4, 0.5) is 0 Å². The Morgan fingerprint density at radius 3 is 2.30 bits per heavy atom. The highest BCUT2D eigenvalue weighted by Crippen LogP contribution is 2.45. The van der Waals surface area contributed by atoms with Crippen LogP contribution in [0, 0.1) is 5.41 Å². The maximum absolute atomic E-state index is 11.4. The number of unbranched alkanes of at least 4 members (excludes halogenated alkanes) is 1. The summed E-state index contributed by atoms with van der Waals surface area (Å²) in [5.74, 6) is 2.02. The van der Waals surface area contributed by atoms with Crippen LogP contribution in [0.2, 0.25) is 0 Å². The highest BCUT2D eigenvalue weighted by atomic mass is 32.2. The van der Waals surface area contributed by atoms with Crippen molar-refractivity contribution in [2.75, 3.05) is 5.75 Å². The summed E-state index contributed by atoms with van der Waals surface area (Å²) in [6.07, 6.45) is 5.75. The van der Waals surface area contributed by atoms with Gasteiger partial charge in [0.2, 0.25) is 0 Å². The summed E-state index contributed by atoms with van der Waals surface area (Å²) < 4.78 is 6.57. The average Bonchev–Trinajstić information content (AvgIpc) is 3.31. The normalized spacial score (nSPS) is 12.8. The molecule has 1 aliphatic heterocycles. The lowest BCUT2D eigenvalue weighted by atomic mass is 9.85. The quantitative estimate of drug-likeness (QED) is 0.147. The summed E-state index contributed by atoms with van der Waals surface area (Å²) in [6.45, 7) is 10.9. The minimum Gasteiger partial charge on any atom is -0.478 e. The van der Waals surface area contributed by atoms with Gasteiger partial charge in [0.15, 0.2) is 5.84 Å². The minimum atomic E-state index is -0.982. The maximum Gasteiger partial charge on any atom is 0.335 e. The lowest BCUT2D eigenvalue weighted by Crippen LogP contribution is -2.12. The summed E-state index contributed by atoms with van der Waals surface area (Å²) in [7, 11) is 0. The maximum atomic E-state index is 11.4. The molecule has 5 rings (SSSR count). The number of carboxylic acid groups (broad SMARTS) is 1. The van der Waals surface area contributed by atoms with E-state index in [1.54, 1.807) is 36.0 Å². The third-order valence-electron chi connectivity index (χ3n) is 7.83.